The van der Waals surface area contributed by atoms with Crippen molar-refractivity contribution in [2.45, 2.75) is 70.9 Å². The van der Waals surface area contributed by atoms with Gasteiger partial charge in [0.1, 0.15) is 23.9 Å². The molecule has 2 aliphatic rings. The minimum Gasteiger partial charge on any atom is -0.487 e. The molecule has 4 N–H and O–H groups in total. The molecule has 218 valence electrons. The zero-order valence-corrected chi connectivity index (χ0v) is 24.4. The molecule has 0 saturated carbocycles. The van der Waals surface area contributed by atoms with Gasteiger partial charge in [-0.1, -0.05) is 76.6 Å². The molecule has 0 unspecified atom stereocenters. The van der Waals surface area contributed by atoms with Gasteiger partial charge in [0, 0.05) is 6.54 Å². The Balaban J connectivity index is 2.00. The van der Waals surface area contributed by atoms with Crippen LogP contribution in [-0.2, 0) is 20.8 Å². The third-order valence-corrected chi connectivity index (χ3v) is 7.56. The van der Waals surface area contributed by atoms with Crippen molar-refractivity contribution in [3.63, 3.8) is 0 Å². The van der Waals surface area contributed by atoms with E-state index in [0.29, 0.717) is 24.2 Å². The molecule has 0 fully saturated rings. The molecule has 6 atom stereocenters. The van der Waals surface area contributed by atoms with Gasteiger partial charge in [0.25, 0.3) is 0 Å². The highest BCUT2D eigenvalue weighted by Crippen LogP contribution is 2.23. The highest BCUT2D eigenvalue weighted by atomic mass is 16.5. The van der Waals surface area contributed by atoms with Gasteiger partial charge in [0.15, 0.2) is 0 Å². The molecule has 3 amide bonds. The summed E-state index contributed by atoms with van der Waals surface area (Å²) in [7, 11) is 3.66. The van der Waals surface area contributed by atoms with E-state index < -0.39 is 42.1 Å². The lowest BCUT2D eigenvalue weighted by molar-refractivity contribution is -0.136. The third kappa shape index (κ3) is 8.05. The molecule has 0 aliphatic carbocycles. The topological polar surface area (TPSA) is 120 Å². The van der Waals surface area contributed by atoms with Gasteiger partial charge in [0.2, 0.25) is 17.7 Å². The van der Waals surface area contributed by atoms with E-state index in [4.69, 9.17) is 4.74 Å². The molecule has 9 heteroatoms. The Labute approximate surface area is 237 Å². The van der Waals surface area contributed by atoms with Crippen LogP contribution in [0.3, 0.4) is 0 Å². The summed E-state index contributed by atoms with van der Waals surface area (Å²) in [4.78, 5) is 42.7. The predicted octanol–water partition coefficient (Wildman–Crippen LogP) is 2.44. The number of nitrogens with one attached hydrogen (secondary N) is 3. The smallest absolute Gasteiger partial charge is 0.247 e. The molecule has 40 heavy (non-hydrogen) atoms. The zero-order valence-electron chi connectivity index (χ0n) is 24.4. The van der Waals surface area contributed by atoms with Crippen LogP contribution in [0.1, 0.15) is 51.3 Å². The SMILES string of the molecule is CC[C@H](C)[C@@H]1NC(=O)[C@H](NC(=O)[C@@H](Cc2ccccc2)N(C)C)[C@H](C(C)C)Oc2ccc(cc2)[C@@H](O)CNC1=O. The Morgan fingerprint density at radius 1 is 1.05 bits per heavy atom. The highest BCUT2D eigenvalue weighted by Gasteiger charge is 2.38. The summed E-state index contributed by atoms with van der Waals surface area (Å²) in [5.41, 5.74) is 1.63. The van der Waals surface area contributed by atoms with Crippen molar-refractivity contribution in [3.05, 3.63) is 65.7 Å². The largest absolute Gasteiger partial charge is 0.487 e. The summed E-state index contributed by atoms with van der Waals surface area (Å²) in [6.07, 6.45) is -0.538. The second-order valence-corrected chi connectivity index (χ2v) is 11.2. The maximum Gasteiger partial charge on any atom is 0.247 e. The van der Waals surface area contributed by atoms with Crippen LogP contribution in [0.25, 0.3) is 0 Å². The molecule has 9 nitrogen and oxygen atoms in total. The second-order valence-electron chi connectivity index (χ2n) is 11.2. The Morgan fingerprint density at radius 3 is 2.27 bits per heavy atom. The molecular formula is C31H44N4O5. The van der Waals surface area contributed by atoms with E-state index in [2.05, 4.69) is 16.0 Å². The van der Waals surface area contributed by atoms with Crippen LogP contribution in [0.5, 0.6) is 5.75 Å². The number of carbonyl (C=O) groups is 3. The molecule has 0 radical (unpaired) electrons. The number of hydrogen-bond acceptors (Lipinski definition) is 6. The van der Waals surface area contributed by atoms with E-state index in [1.54, 1.807) is 24.3 Å². The second kappa shape index (κ2) is 14.3. The molecule has 0 spiro atoms. The van der Waals surface area contributed by atoms with Crippen molar-refractivity contribution in [2.24, 2.45) is 11.8 Å². The van der Waals surface area contributed by atoms with Crippen LogP contribution in [-0.4, -0.2) is 72.6 Å². The minimum absolute atomic E-state index is 0.000621. The van der Waals surface area contributed by atoms with E-state index >= 15 is 0 Å². The van der Waals surface area contributed by atoms with E-state index in [1.807, 2.05) is 77.0 Å². The van der Waals surface area contributed by atoms with Gasteiger partial charge in [-0.3, -0.25) is 19.3 Å². The van der Waals surface area contributed by atoms with Gasteiger partial charge >= 0.3 is 0 Å². The molecule has 2 aromatic rings. The van der Waals surface area contributed by atoms with E-state index in [1.165, 1.54) is 0 Å². The zero-order chi connectivity index (χ0) is 29.4. The maximum atomic E-state index is 13.9. The normalized spacial score (nSPS) is 23.5. The van der Waals surface area contributed by atoms with Crippen LogP contribution in [0.2, 0.25) is 0 Å². The maximum absolute atomic E-state index is 13.9. The summed E-state index contributed by atoms with van der Waals surface area (Å²) in [6.45, 7) is 7.67. The van der Waals surface area contributed by atoms with Crippen LogP contribution in [0.4, 0.5) is 0 Å². The molecule has 0 aromatic heterocycles. The third-order valence-electron chi connectivity index (χ3n) is 7.56. The number of rotatable bonds is 8. The summed E-state index contributed by atoms with van der Waals surface area (Å²) in [6, 6.07) is 14.2. The molecule has 2 bridgehead atoms. The van der Waals surface area contributed by atoms with Gasteiger partial charge in [-0.05, 0) is 55.6 Å². The van der Waals surface area contributed by atoms with Crippen molar-refractivity contribution in [1.29, 1.82) is 0 Å². The Hall–Kier alpha value is -3.43. The number of aliphatic hydroxyl groups excluding tert-OH is 1. The predicted molar refractivity (Wildman–Crippen MR) is 155 cm³/mol. The van der Waals surface area contributed by atoms with Gasteiger partial charge in [-0.2, -0.15) is 0 Å². The summed E-state index contributed by atoms with van der Waals surface area (Å²) < 4.78 is 6.33. The Morgan fingerprint density at radius 2 is 1.70 bits per heavy atom. The lowest BCUT2D eigenvalue weighted by Gasteiger charge is -2.34. The quantitative estimate of drug-likeness (QED) is 0.399. The summed E-state index contributed by atoms with van der Waals surface area (Å²) in [5, 5.41) is 19.3. The first kappa shape index (κ1) is 31.1. The van der Waals surface area contributed by atoms with Crippen LogP contribution in [0, 0.1) is 11.8 Å². The van der Waals surface area contributed by atoms with Gasteiger partial charge in [-0.15, -0.1) is 0 Å². The standard InChI is InChI=1S/C31H44N4O5/c1-7-20(4)26-30(38)32-18-25(36)22-13-15-23(16-14-22)40-28(19(2)3)27(31(39)33-26)34-29(37)24(35(5)6)17-21-11-9-8-10-12-21/h8-16,19-20,24-28,36H,7,17-18H2,1-6H3,(H,32,38)(H,33,39)(H,34,37)/t20-,24+,25-,26-,27+,28-/m0/s1. The van der Waals surface area contributed by atoms with Gasteiger partial charge in [-0.25, -0.2) is 0 Å². The Bertz CT molecular complexity index is 1120. The van der Waals surface area contributed by atoms with Crippen LogP contribution in [0.15, 0.2) is 54.6 Å². The average Bonchev–Trinajstić information content (AvgIpc) is 2.94. The van der Waals surface area contributed by atoms with Crippen molar-refractivity contribution >= 4 is 17.7 Å². The fourth-order valence-corrected chi connectivity index (χ4v) is 4.78. The van der Waals surface area contributed by atoms with Gasteiger partial charge < -0.3 is 25.8 Å². The number of ether oxygens (including phenoxy) is 1. The van der Waals surface area contributed by atoms with Crippen LogP contribution < -0.4 is 20.7 Å². The fraction of sp³-hybridized carbons (Fsp3) is 0.516. The lowest BCUT2D eigenvalue weighted by atomic mass is 9.94. The lowest BCUT2D eigenvalue weighted by Crippen LogP contribution is -2.62. The van der Waals surface area contributed by atoms with Crippen molar-refractivity contribution < 1.29 is 24.2 Å². The number of benzene rings is 2. The minimum atomic E-state index is -1.07. The van der Waals surface area contributed by atoms with Gasteiger partial charge in [0.05, 0.1) is 12.1 Å². The molecule has 2 aliphatic heterocycles. The fourth-order valence-electron chi connectivity index (χ4n) is 4.78. The number of amides is 3. The number of hydrogen-bond donors (Lipinski definition) is 4. The number of fused-ring (bicyclic) bond motifs is 11. The number of nitrogens with zero attached hydrogens (tertiary/aromatic N) is 1. The molecule has 2 heterocycles. The highest BCUT2D eigenvalue weighted by molar-refractivity contribution is 5.93. The number of carbonyl (C=O) groups excluding carboxylic acids is 3. The first-order chi connectivity index (χ1) is 19.0. The molecule has 0 saturated heterocycles. The van der Waals surface area contributed by atoms with Crippen molar-refractivity contribution in [3.8, 4) is 5.75 Å². The molecule has 2 aromatic carbocycles. The summed E-state index contributed by atoms with van der Waals surface area (Å²) in [5.74, 6) is -1.05. The molecule has 4 rings (SSSR count). The molecular weight excluding hydrogens is 508 g/mol. The average molecular weight is 553 g/mol. The first-order valence-electron chi connectivity index (χ1n) is 14.0. The van der Waals surface area contributed by atoms with Crippen molar-refractivity contribution in [2.75, 3.05) is 20.6 Å². The van der Waals surface area contributed by atoms with Crippen LogP contribution >= 0.6 is 0 Å². The Kier molecular flexibility index (Phi) is 11.1. The van der Waals surface area contributed by atoms with E-state index in [-0.39, 0.29) is 24.3 Å². The van der Waals surface area contributed by atoms with E-state index in [0.717, 1.165) is 5.56 Å². The monoisotopic (exact) mass is 552 g/mol. The number of likely N-dealkylation sites (N-methyl/N-ethyl adjacent to an activating group) is 1. The summed E-state index contributed by atoms with van der Waals surface area (Å²) >= 11 is 0. The number of aliphatic hydroxyl groups is 1. The van der Waals surface area contributed by atoms with Crippen molar-refractivity contribution in [1.82, 2.24) is 20.9 Å². The van der Waals surface area contributed by atoms with E-state index in [9.17, 15) is 19.5 Å². The first-order valence-corrected chi connectivity index (χ1v) is 14.0.